The molecule has 2 aliphatic rings. The maximum absolute atomic E-state index is 13.4. The lowest BCUT2D eigenvalue weighted by molar-refractivity contribution is -0.118. The van der Waals surface area contributed by atoms with Crippen LogP contribution in [0.15, 0.2) is 24.3 Å². The summed E-state index contributed by atoms with van der Waals surface area (Å²) >= 11 is 1.46. The van der Waals surface area contributed by atoms with Gasteiger partial charge < -0.3 is 15.4 Å². The van der Waals surface area contributed by atoms with Gasteiger partial charge in [0.15, 0.2) is 16.4 Å². The van der Waals surface area contributed by atoms with E-state index in [9.17, 15) is 18.0 Å². The van der Waals surface area contributed by atoms with Crippen molar-refractivity contribution >= 4 is 38.0 Å². The molecule has 2 N–H and O–H groups in total. The molecule has 36 heavy (non-hydrogen) atoms. The number of hydrogen-bond acceptors (Lipinski definition) is 6. The zero-order valence-electron chi connectivity index (χ0n) is 21.5. The van der Waals surface area contributed by atoms with Crippen molar-refractivity contribution in [1.29, 1.82) is 0 Å². The standard InChI is InChI=1S/C27H36N2O5S2/c1-5-17-6-9-20(10-7-17)34-15-23(30)29-26-24(25(31)28-19-12-13-36(32,33)16-19)21-11-8-18(27(2,3)4)14-22(21)35-26/h6-7,9-10,18-19H,5,8,11-16H2,1-4H3,(H,28,31)(H,29,30). The summed E-state index contributed by atoms with van der Waals surface area (Å²) in [5, 5.41) is 6.34. The number of amides is 2. The molecule has 1 aromatic heterocycles. The van der Waals surface area contributed by atoms with E-state index in [-0.39, 0.29) is 35.3 Å². The second-order valence-electron chi connectivity index (χ2n) is 10.9. The Morgan fingerprint density at radius 3 is 2.47 bits per heavy atom. The molecule has 2 aromatic rings. The fourth-order valence-corrected chi connectivity index (χ4v) is 7.97. The minimum atomic E-state index is -3.12. The highest BCUT2D eigenvalue weighted by Gasteiger charge is 2.36. The lowest BCUT2D eigenvalue weighted by Gasteiger charge is -2.33. The van der Waals surface area contributed by atoms with Crippen LogP contribution in [0, 0.1) is 11.3 Å². The van der Waals surface area contributed by atoms with Crippen molar-refractivity contribution in [2.75, 3.05) is 23.4 Å². The lowest BCUT2D eigenvalue weighted by atomic mass is 9.72. The van der Waals surface area contributed by atoms with Gasteiger partial charge in [-0.2, -0.15) is 0 Å². The smallest absolute Gasteiger partial charge is 0.262 e. The van der Waals surface area contributed by atoms with Gasteiger partial charge in [-0.25, -0.2) is 8.42 Å². The highest BCUT2D eigenvalue weighted by molar-refractivity contribution is 7.91. The normalized spacial score (nSPS) is 21.0. The molecule has 0 saturated carbocycles. The summed E-state index contributed by atoms with van der Waals surface area (Å²) in [5.41, 5.74) is 2.79. The first-order valence-corrected chi connectivity index (χ1v) is 15.3. The fraction of sp³-hybridized carbons (Fsp3) is 0.556. The molecular weight excluding hydrogens is 496 g/mol. The summed E-state index contributed by atoms with van der Waals surface area (Å²) in [4.78, 5) is 27.3. The Morgan fingerprint density at radius 2 is 1.86 bits per heavy atom. The summed E-state index contributed by atoms with van der Waals surface area (Å²) in [5.74, 6) is 0.503. The number of fused-ring (bicyclic) bond motifs is 1. The number of carbonyl (C=O) groups is 2. The molecule has 0 spiro atoms. The number of benzene rings is 1. The minimum Gasteiger partial charge on any atom is -0.484 e. The number of hydrogen-bond donors (Lipinski definition) is 2. The molecule has 2 heterocycles. The van der Waals surface area contributed by atoms with Crippen LogP contribution >= 0.6 is 11.3 Å². The molecule has 1 aliphatic carbocycles. The van der Waals surface area contributed by atoms with Crippen LogP contribution in [0.25, 0.3) is 0 Å². The van der Waals surface area contributed by atoms with Gasteiger partial charge in [0.1, 0.15) is 10.8 Å². The minimum absolute atomic E-state index is 0.0382. The number of anilines is 1. The molecule has 2 atom stereocenters. The molecule has 1 aromatic carbocycles. The molecule has 1 saturated heterocycles. The van der Waals surface area contributed by atoms with E-state index in [1.165, 1.54) is 16.9 Å². The Morgan fingerprint density at radius 1 is 1.14 bits per heavy atom. The van der Waals surface area contributed by atoms with E-state index >= 15 is 0 Å². The van der Waals surface area contributed by atoms with Gasteiger partial charge in [-0.15, -0.1) is 11.3 Å². The molecule has 9 heteroatoms. The van der Waals surface area contributed by atoms with Gasteiger partial charge in [0.25, 0.3) is 11.8 Å². The first-order chi connectivity index (χ1) is 16.9. The topological polar surface area (TPSA) is 102 Å². The molecule has 0 bridgehead atoms. The number of rotatable bonds is 7. The van der Waals surface area contributed by atoms with Crippen molar-refractivity contribution in [2.45, 2.75) is 65.8 Å². The summed E-state index contributed by atoms with van der Waals surface area (Å²) in [6, 6.07) is 7.23. The van der Waals surface area contributed by atoms with E-state index in [1.54, 1.807) is 0 Å². The predicted molar refractivity (Wildman–Crippen MR) is 144 cm³/mol. The Hall–Kier alpha value is -2.39. The third-order valence-electron chi connectivity index (χ3n) is 7.24. The molecule has 4 rings (SSSR count). The molecule has 1 fully saturated rings. The first kappa shape index (κ1) is 26.7. The van der Waals surface area contributed by atoms with Gasteiger partial charge in [0.2, 0.25) is 0 Å². The van der Waals surface area contributed by atoms with Crippen molar-refractivity contribution in [3.63, 3.8) is 0 Å². The van der Waals surface area contributed by atoms with Crippen LogP contribution in [0.2, 0.25) is 0 Å². The fourth-order valence-electron chi connectivity index (χ4n) is 4.95. The van der Waals surface area contributed by atoms with Gasteiger partial charge in [-0.05, 0) is 66.7 Å². The van der Waals surface area contributed by atoms with E-state index < -0.39 is 15.9 Å². The van der Waals surface area contributed by atoms with Crippen LogP contribution in [0.5, 0.6) is 5.75 Å². The molecule has 196 valence electrons. The van der Waals surface area contributed by atoms with Crippen molar-refractivity contribution in [3.05, 3.63) is 45.8 Å². The maximum atomic E-state index is 13.4. The average molecular weight is 533 g/mol. The number of carbonyl (C=O) groups excluding carboxylic acids is 2. The van der Waals surface area contributed by atoms with Crippen LogP contribution in [0.1, 0.15) is 66.9 Å². The zero-order chi connectivity index (χ0) is 26.1. The van der Waals surface area contributed by atoms with E-state index in [2.05, 4.69) is 38.3 Å². The largest absolute Gasteiger partial charge is 0.484 e. The average Bonchev–Trinajstić information content (AvgIpc) is 3.35. The SMILES string of the molecule is CCc1ccc(OCC(=O)Nc2sc3c(c2C(=O)NC2CCS(=O)(=O)C2)CCC(C(C)(C)C)C3)cc1. The Labute approximate surface area is 217 Å². The summed E-state index contributed by atoms with van der Waals surface area (Å²) in [7, 11) is -3.12. The number of nitrogens with one attached hydrogen (secondary N) is 2. The van der Waals surface area contributed by atoms with Crippen LogP contribution in [-0.2, 0) is 33.9 Å². The number of sulfone groups is 1. The summed E-state index contributed by atoms with van der Waals surface area (Å²) in [6.45, 7) is 8.61. The molecular formula is C27H36N2O5S2. The molecule has 2 amide bonds. The van der Waals surface area contributed by atoms with Crippen molar-refractivity contribution in [1.82, 2.24) is 5.32 Å². The Balaban J connectivity index is 1.52. The van der Waals surface area contributed by atoms with Gasteiger partial charge in [0.05, 0.1) is 17.1 Å². The third kappa shape index (κ3) is 6.29. The number of thiophene rings is 1. The van der Waals surface area contributed by atoms with E-state index in [4.69, 9.17) is 4.74 Å². The van der Waals surface area contributed by atoms with E-state index in [1.807, 2.05) is 24.3 Å². The predicted octanol–water partition coefficient (Wildman–Crippen LogP) is 4.40. The van der Waals surface area contributed by atoms with Gasteiger partial charge in [-0.1, -0.05) is 39.8 Å². The van der Waals surface area contributed by atoms with Crippen LogP contribution in [0.3, 0.4) is 0 Å². The Bertz CT molecular complexity index is 1230. The van der Waals surface area contributed by atoms with Crippen molar-refractivity contribution < 1.29 is 22.7 Å². The van der Waals surface area contributed by atoms with E-state index in [0.29, 0.717) is 28.7 Å². The number of aryl methyl sites for hydroxylation is 1. The second-order valence-corrected chi connectivity index (χ2v) is 14.3. The van der Waals surface area contributed by atoms with E-state index in [0.717, 1.165) is 36.1 Å². The molecule has 2 unspecified atom stereocenters. The van der Waals surface area contributed by atoms with Gasteiger partial charge >= 0.3 is 0 Å². The van der Waals surface area contributed by atoms with Crippen LogP contribution in [-0.4, -0.2) is 44.4 Å². The van der Waals surface area contributed by atoms with Crippen molar-refractivity contribution in [2.24, 2.45) is 11.3 Å². The van der Waals surface area contributed by atoms with Crippen LogP contribution < -0.4 is 15.4 Å². The Kier molecular flexibility index (Phi) is 7.80. The summed E-state index contributed by atoms with van der Waals surface area (Å²) < 4.78 is 29.4. The third-order valence-corrected chi connectivity index (χ3v) is 10.2. The maximum Gasteiger partial charge on any atom is 0.262 e. The quantitative estimate of drug-likeness (QED) is 0.551. The zero-order valence-corrected chi connectivity index (χ0v) is 23.1. The monoisotopic (exact) mass is 532 g/mol. The highest BCUT2D eigenvalue weighted by Crippen LogP contribution is 2.44. The van der Waals surface area contributed by atoms with Crippen LogP contribution in [0.4, 0.5) is 5.00 Å². The second kappa shape index (κ2) is 10.5. The highest BCUT2D eigenvalue weighted by atomic mass is 32.2. The first-order valence-electron chi connectivity index (χ1n) is 12.6. The summed E-state index contributed by atoms with van der Waals surface area (Å²) in [6.07, 6.45) is 3.93. The molecule has 0 radical (unpaired) electrons. The number of ether oxygens (including phenoxy) is 1. The van der Waals surface area contributed by atoms with Crippen molar-refractivity contribution in [3.8, 4) is 5.75 Å². The molecule has 7 nitrogen and oxygen atoms in total. The lowest BCUT2D eigenvalue weighted by Crippen LogP contribution is -2.36. The van der Waals surface area contributed by atoms with Gasteiger partial charge in [0, 0.05) is 10.9 Å². The molecule has 1 aliphatic heterocycles. The van der Waals surface area contributed by atoms with Gasteiger partial charge in [-0.3, -0.25) is 9.59 Å².